The van der Waals surface area contributed by atoms with Crippen molar-refractivity contribution >= 4 is 22.0 Å². The maximum atomic E-state index is 12.2. The maximum absolute atomic E-state index is 12.2. The first-order chi connectivity index (χ1) is 8.33. The van der Waals surface area contributed by atoms with Gasteiger partial charge in [0, 0.05) is 13.1 Å². The topological polar surface area (TPSA) is 95.6 Å². The molecule has 7 nitrogen and oxygen atoms in total. The smallest absolute Gasteiger partial charge is 0.322 e. The molecule has 3 amide bonds. The van der Waals surface area contributed by atoms with Crippen LogP contribution in [0.4, 0.5) is 4.79 Å². The van der Waals surface area contributed by atoms with Gasteiger partial charge in [0.2, 0.25) is 10.0 Å². The lowest BCUT2D eigenvalue weighted by molar-refractivity contribution is -0.122. The van der Waals surface area contributed by atoms with Crippen molar-refractivity contribution < 1.29 is 18.0 Å². The molecule has 0 radical (unpaired) electrons. The summed E-state index contributed by atoms with van der Waals surface area (Å²) in [4.78, 5) is 22.6. The highest BCUT2D eigenvalue weighted by Gasteiger charge is 2.46. The molecule has 0 aromatic carbocycles. The number of amides is 3. The third-order valence-electron chi connectivity index (χ3n) is 3.00. The minimum atomic E-state index is -3.58. The van der Waals surface area contributed by atoms with E-state index in [0.29, 0.717) is 19.5 Å². The molecule has 1 fully saturated rings. The normalized spacial score (nSPS) is 29.2. The van der Waals surface area contributed by atoms with Crippen LogP contribution < -0.4 is 10.6 Å². The fraction of sp³-hybridized carbons (Fsp3) is 0.600. The summed E-state index contributed by atoms with van der Waals surface area (Å²) in [5, 5.41) is 4.40. The maximum Gasteiger partial charge on any atom is 0.322 e. The van der Waals surface area contributed by atoms with Crippen LogP contribution in [0.2, 0.25) is 0 Å². The first-order valence-electron chi connectivity index (χ1n) is 5.60. The summed E-state index contributed by atoms with van der Waals surface area (Å²) < 4.78 is 25.6. The number of nitrogens with one attached hydrogen (secondary N) is 2. The van der Waals surface area contributed by atoms with Gasteiger partial charge in [-0.25, -0.2) is 13.2 Å². The lowest BCUT2D eigenvalue weighted by atomic mass is 10.1. The largest absolute Gasteiger partial charge is 0.322 e. The summed E-state index contributed by atoms with van der Waals surface area (Å²) >= 11 is 0. The van der Waals surface area contributed by atoms with E-state index in [4.69, 9.17) is 0 Å². The van der Waals surface area contributed by atoms with Crippen LogP contribution >= 0.6 is 0 Å². The standard InChI is InChI=1S/C10H15N3O4S/c1-10(8(14)11-9(15)12-10)7-18(16,17)13-5-3-2-4-6-13/h2-3H,4-7H2,1H3,(H2,11,12,14,15)/t10-/m1/s1. The molecular formula is C10H15N3O4S. The van der Waals surface area contributed by atoms with Crippen molar-refractivity contribution in [2.24, 2.45) is 0 Å². The number of carbonyl (C=O) groups is 2. The zero-order valence-electron chi connectivity index (χ0n) is 9.97. The van der Waals surface area contributed by atoms with Crippen molar-refractivity contribution in [2.45, 2.75) is 18.9 Å². The van der Waals surface area contributed by atoms with E-state index in [1.807, 2.05) is 11.4 Å². The Morgan fingerprint density at radius 1 is 1.39 bits per heavy atom. The van der Waals surface area contributed by atoms with Crippen LogP contribution in [0.15, 0.2) is 12.2 Å². The number of rotatable bonds is 3. The molecule has 0 saturated carbocycles. The molecular weight excluding hydrogens is 258 g/mol. The number of imide groups is 1. The van der Waals surface area contributed by atoms with Gasteiger partial charge < -0.3 is 5.32 Å². The number of nitrogens with zero attached hydrogens (tertiary/aromatic N) is 1. The fourth-order valence-corrected chi connectivity index (χ4v) is 3.82. The first kappa shape index (κ1) is 13.0. The van der Waals surface area contributed by atoms with E-state index >= 15 is 0 Å². The Balaban J connectivity index is 2.15. The van der Waals surface area contributed by atoms with E-state index < -0.39 is 33.3 Å². The first-order valence-corrected chi connectivity index (χ1v) is 7.21. The number of hydrogen-bond acceptors (Lipinski definition) is 4. The third-order valence-corrected chi connectivity index (χ3v) is 5.06. The predicted molar refractivity (Wildman–Crippen MR) is 64.2 cm³/mol. The van der Waals surface area contributed by atoms with E-state index in [0.717, 1.165) is 0 Å². The van der Waals surface area contributed by atoms with Gasteiger partial charge in [0.1, 0.15) is 5.54 Å². The summed E-state index contributed by atoms with van der Waals surface area (Å²) in [6.07, 6.45) is 4.35. The van der Waals surface area contributed by atoms with Crippen molar-refractivity contribution in [3.05, 3.63) is 12.2 Å². The van der Waals surface area contributed by atoms with Crippen molar-refractivity contribution in [1.82, 2.24) is 14.9 Å². The Morgan fingerprint density at radius 3 is 2.61 bits per heavy atom. The van der Waals surface area contributed by atoms with Crippen molar-refractivity contribution in [3.63, 3.8) is 0 Å². The Kier molecular flexibility index (Phi) is 3.16. The molecule has 0 aromatic heterocycles. The van der Waals surface area contributed by atoms with Crippen molar-refractivity contribution in [2.75, 3.05) is 18.8 Å². The van der Waals surface area contributed by atoms with Crippen LogP contribution in [0.3, 0.4) is 0 Å². The molecule has 0 aromatic rings. The van der Waals surface area contributed by atoms with Crippen LogP contribution in [0.5, 0.6) is 0 Å². The Labute approximate surface area is 105 Å². The molecule has 1 atom stereocenters. The van der Waals surface area contributed by atoms with E-state index in [1.165, 1.54) is 11.2 Å². The van der Waals surface area contributed by atoms with Gasteiger partial charge in [-0.3, -0.25) is 10.1 Å². The number of hydrogen-bond donors (Lipinski definition) is 2. The zero-order valence-corrected chi connectivity index (χ0v) is 10.8. The van der Waals surface area contributed by atoms with Gasteiger partial charge >= 0.3 is 6.03 Å². The summed E-state index contributed by atoms with van der Waals surface area (Å²) in [6, 6.07) is -0.656. The molecule has 2 heterocycles. The van der Waals surface area contributed by atoms with Gasteiger partial charge in [0.25, 0.3) is 5.91 Å². The van der Waals surface area contributed by atoms with E-state index in [1.54, 1.807) is 6.08 Å². The van der Waals surface area contributed by atoms with Gasteiger partial charge in [-0.15, -0.1) is 0 Å². The molecule has 2 rings (SSSR count). The molecule has 8 heteroatoms. The highest BCUT2D eigenvalue weighted by atomic mass is 32.2. The van der Waals surface area contributed by atoms with Crippen LogP contribution in [0.25, 0.3) is 0 Å². The van der Waals surface area contributed by atoms with Crippen LogP contribution in [0.1, 0.15) is 13.3 Å². The Hall–Kier alpha value is -1.41. The average Bonchev–Trinajstić information content (AvgIpc) is 2.52. The SMILES string of the molecule is C[C@]1(CS(=O)(=O)N2CC=CCC2)NC(=O)NC1=O. The quantitative estimate of drug-likeness (QED) is 0.518. The summed E-state index contributed by atoms with van der Waals surface area (Å²) in [5.41, 5.74) is -1.39. The van der Waals surface area contributed by atoms with E-state index in [2.05, 4.69) is 5.32 Å². The second kappa shape index (κ2) is 4.36. The minimum Gasteiger partial charge on any atom is -0.322 e. The second-order valence-electron chi connectivity index (χ2n) is 4.61. The van der Waals surface area contributed by atoms with Gasteiger partial charge in [0.05, 0.1) is 5.75 Å². The summed E-state index contributed by atoms with van der Waals surface area (Å²) in [5.74, 6) is -1.03. The zero-order chi connectivity index (χ0) is 13.4. The van der Waals surface area contributed by atoms with Crippen LogP contribution in [-0.4, -0.2) is 49.0 Å². The Bertz CT molecular complexity index is 513. The minimum absolute atomic E-state index is 0.313. The van der Waals surface area contributed by atoms with Gasteiger partial charge in [-0.05, 0) is 13.3 Å². The van der Waals surface area contributed by atoms with E-state index in [-0.39, 0.29) is 0 Å². The molecule has 2 N–H and O–H groups in total. The number of urea groups is 1. The van der Waals surface area contributed by atoms with Crippen LogP contribution in [0, 0.1) is 0 Å². The summed E-state index contributed by atoms with van der Waals surface area (Å²) in [7, 11) is -3.58. The highest BCUT2D eigenvalue weighted by Crippen LogP contribution is 2.17. The molecule has 1 saturated heterocycles. The molecule has 0 unspecified atom stereocenters. The lowest BCUT2D eigenvalue weighted by Gasteiger charge is -2.27. The lowest BCUT2D eigenvalue weighted by Crippen LogP contribution is -2.52. The molecule has 100 valence electrons. The monoisotopic (exact) mass is 273 g/mol. The van der Waals surface area contributed by atoms with Gasteiger partial charge in [0.15, 0.2) is 0 Å². The molecule has 0 spiro atoms. The fourth-order valence-electron chi connectivity index (χ4n) is 2.01. The second-order valence-corrected chi connectivity index (χ2v) is 6.58. The molecule has 18 heavy (non-hydrogen) atoms. The van der Waals surface area contributed by atoms with Gasteiger partial charge in [-0.2, -0.15) is 4.31 Å². The predicted octanol–water partition coefficient (Wildman–Crippen LogP) is -0.824. The number of carbonyl (C=O) groups excluding carboxylic acids is 2. The van der Waals surface area contributed by atoms with E-state index in [9.17, 15) is 18.0 Å². The van der Waals surface area contributed by atoms with Gasteiger partial charge in [-0.1, -0.05) is 12.2 Å². The van der Waals surface area contributed by atoms with Crippen molar-refractivity contribution in [1.29, 1.82) is 0 Å². The third kappa shape index (κ3) is 2.39. The number of sulfonamides is 1. The molecule has 0 aliphatic carbocycles. The molecule has 2 aliphatic rings. The van der Waals surface area contributed by atoms with Crippen molar-refractivity contribution in [3.8, 4) is 0 Å². The Morgan fingerprint density at radius 2 is 2.11 bits per heavy atom. The molecule has 2 aliphatic heterocycles. The highest BCUT2D eigenvalue weighted by molar-refractivity contribution is 7.89. The average molecular weight is 273 g/mol. The molecule has 0 bridgehead atoms. The van der Waals surface area contributed by atoms with Crippen LogP contribution in [-0.2, 0) is 14.8 Å². The summed E-state index contributed by atoms with van der Waals surface area (Å²) in [6.45, 7) is 2.13.